The number of hydrogen-bond donors (Lipinski definition) is 0. The molecule has 0 aliphatic heterocycles. The van der Waals surface area contributed by atoms with Gasteiger partial charge < -0.3 is 4.74 Å². The van der Waals surface area contributed by atoms with E-state index in [9.17, 15) is 8.78 Å². The zero-order valence-corrected chi connectivity index (χ0v) is 22.3. The molecule has 1 fully saturated rings. The van der Waals surface area contributed by atoms with Crippen LogP contribution in [0.4, 0.5) is 8.78 Å². The number of halogens is 2. The minimum absolute atomic E-state index is 0.0268. The third-order valence-corrected chi connectivity index (χ3v) is 7.54. The van der Waals surface area contributed by atoms with Gasteiger partial charge in [-0.15, -0.1) is 0 Å². The second-order valence-electron chi connectivity index (χ2n) is 10.4. The fourth-order valence-electron chi connectivity index (χ4n) is 5.36. The predicted molar refractivity (Wildman–Crippen MR) is 150 cm³/mol. The van der Waals surface area contributed by atoms with E-state index >= 15 is 0 Å². The molecular weight excluding hydrogens is 462 g/mol. The van der Waals surface area contributed by atoms with Gasteiger partial charge in [-0.3, -0.25) is 0 Å². The molecule has 0 bridgehead atoms. The molecule has 1 aliphatic carbocycles. The van der Waals surface area contributed by atoms with E-state index in [1.54, 1.807) is 6.07 Å². The lowest BCUT2D eigenvalue weighted by atomic mass is 9.78. The van der Waals surface area contributed by atoms with Gasteiger partial charge in [0.25, 0.3) is 0 Å². The standard InChI is InChI=1S/C34H40F2O/c1-3-7-25-10-16-28(17-11-25)29-18-12-26(13-19-29)8-5-6-9-27-14-20-30(21-15-27)31-22-23-32(37-24-4-2)34(36)33(31)35/h5,8,10-11,14-17,20-23,26,29H,3-4,6-7,9,12-13,18-19,24H2,1-2H3/b8-5+. The first-order valence-electron chi connectivity index (χ1n) is 14.0. The van der Waals surface area contributed by atoms with Crippen LogP contribution in [-0.4, -0.2) is 6.61 Å². The monoisotopic (exact) mass is 502 g/mol. The Bertz CT molecular complexity index is 1140. The summed E-state index contributed by atoms with van der Waals surface area (Å²) in [6.07, 6.45) is 14.8. The van der Waals surface area contributed by atoms with E-state index in [-0.39, 0.29) is 11.3 Å². The van der Waals surface area contributed by atoms with Gasteiger partial charge in [-0.2, -0.15) is 4.39 Å². The molecule has 1 saturated carbocycles. The van der Waals surface area contributed by atoms with Crippen LogP contribution >= 0.6 is 0 Å². The Morgan fingerprint density at radius 1 is 0.757 bits per heavy atom. The summed E-state index contributed by atoms with van der Waals surface area (Å²) in [4.78, 5) is 0. The molecule has 0 saturated heterocycles. The predicted octanol–water partition coefficient (Wildman–Crippen LogP) is 9.84. The van der Waals surface area contributed by atoms with E-state index in [1.807, 2.05) is 31.2 Å². The van der Waals surface area contributed by atoms with Crippen molar-refractivity contribution in [3.8, 4) is 16.9 Å². The maximum Gasteiger partial charge on any atom is 0.201 e. The minimum atomic E-state index is -0.918. The lowest BCUT2D eigenvalue weighted by Crippen LogP contribution is -2.11. The minimum Gasteiger partial charge on any atom is -0.490 e. The Labute approximate surface area is 221 Å². The highest BCUT2D eigenvalue weighted by atomic mass is 19.2. The summed E-state index contributed by atoms with van der Waals surface area (Å²) in [6.45, 7) is 4.53. The average Bonchev–Trinajstić information content (AvgIpc) is 2.93. The number of hydrogen-bond acceptors (Lipinski definition) is 1. The molecule has 3 aromatic rings. The van der Waals surface area contributed by atoms with Gasteiger partial charge in [-0.25, -0.2) is 4.39 Å². The van der Waals surface area contributed by atoms with Crippen LogP contribution in [0.25, 0.3) is 11.1 Å². The molecule has 0 radical (unpaired) electrons. The van der Waals surface area contributed by atoms with Crippen LogP contribution in [0.15, 0.2) is 72.8 Å². The van der Waals surface area contributed by atoms with Crippen molar-refractivity contribution in [2.45, 2.75) is 77.6 Å². The first-order chi connectivity index (χ1) is 18.1. The summed E-state index contributed by atoms with van der Waals surface area (Å²) >= 11 is 0. The third kappa shape index (κ3) is 7.31. The SMILES string of the molecule is CCCOc1ccc(-c2ccc(CC/C=C/C3CCC(c4ccc(CCC)cc4)CC3)cc2)c(F)c1F. The Morgan fingerprint density at radius 2 is 1.43 bits per heavy atom. The summed E-state index contributed by atoms with van der Waals surface area (Å²) in [7, 11) is 0. The van der Waals surface area contributed by atoms with Crippen molar-refractivity contribution in [1.82, 2.24) is 0 Å². The highest BCUT2D eigenvalue weighted by molar-refractivity contribution is 5.65. The van der Waals surface area contributed by atoms with Gasteiger partial charge in [0.15, 0.2) is 11.6 Å². The van der Waals surface area contributed by atoms with E-state index in [4.69, 9.17) is 4.74 Å². The fraction of sp³-hybridized carbons (Fsp3) is 0.412. The lowest BCUT2D eigenvalue weighted by Gasteiger charge is -2.27. The topological polar surface area (TPSA) is 9.23 Å². The number of allylic oxidation sites excluding steroid dienone is 2. The van der Waals surface area contributed by atoms with Gasteiger partial charge in [0.1, 0.15) is 0 Å². The third-order valence-electron chi connectivity index (χ3n) is 7.54. The maximum atomic E-state index is 14.6. The van der Waals surface area contributed by atoms with Crippen LogP contribution in [0.2, 0.25) is 0 Å². The van der Waals surface area contributed by atoms with E-state index < -0.39 is 11.6 Å². The van der Waals surface area contributed by atoms with Crippen molar-refractivity contribution in [2.24, 2.45) is 5.92 Å². The van der Waals surface area contributed by atoms with Gasteiger partial charge in [0, 0.05) is 5.56 Å². The van der Waals surface area contributed by atoms with Crippen LogP contribution in [-0.2, 0) is 12.8 Å². The number of aryl methyl sites for hydroxylation is 2. The summed E-state index contributed by atoms with van der Waals surface area (Å²) < 4.78 is 34.2. The molecule has 0 unspecified atom stereocenters. The average molecular weight is 503 g/mol. The molecule has 1 aliphatic rings. The van der Waals surface area contributed by atoms with Crippen molar-refractivity contribution >= 4 is 0 Å². The zero-order chi connectivity index (χ0) is 26.0. The molecule has 37 heavy (non-hydrogen) atoms. The van der Waals surface area contributed by atoms with Crippen molar-refractivity contribution in [3.63, 3.8) is 0 Å². The highest BCUT2D eigenvalue weighted by Crippen LogP contribution is 2.36. The second kappa shape index (κ2) is 13.6. The number of rotatable bonds is 11. The summed E-state index contributed by atoms with van der Waals surface area (Å²) in [6, 6.07) is 20.2. The van der Waals surface area contributed by atoms with Gasteiger partial charge in [0.05, 0.1) is 6.61 Å². The van der Waals surface area contributed by atoms with Crippen LogP contribution in [0, 0.1) is 17.6 Å². The summed E-state index contributed by atoms with van der Waals surface area (Å²) in [5.41, 5.74) is 5.10. The first kappa shape index (κ1) is 27.1. The van der Waals surface area contributed by atoms with Crippen LogP contribution in [0.5, 0.6) is 5.75 Å². The molecular formula is C34H40F2O. The van der Waals surface area contributed by atoms with E-state index in [0.717, 1.165) is 19.3 Å². The van der Waals surface area contributed by atoms with E-state index in [1.165, 1.54) is 61.3 Å². The Hall–Kier alpha value is -2.94. The van der Waals surface area contributed by atoms with Crippen molar-refractivity contribution in [3.05, 3.63) is 101 Å². The van der Waals surface area contributed by atoms with Gasteiger partial charge >= 0.3 is 0 Å². The zero-order valence-electron chi connectivity index (χ0n) is 22.3. The van der Waals surface area contributed by atoms with Crippen molar-refractivity contribution < 1.29 is 13.5 Å². The first-order valence-corrected chi connectivity index (χ1v) is 14.0. The van der Waals surface area contributed by atoms with Crippen LogP contribution in [0.3, 0.4) is 0 Å². The smallest absolute Gasteiger partial charge is 0.201 e. The molecule has 3 aromatic carbocycles. The number of ether oxygens (including phenoxy) is 1. The Balaban J connectivity index is 1.23. The van der Waals surface area contributed by atoms with E-state index in [2.05, 4.69) is 43.3 Å². The molecule has 0 spiro atoms. The number of benzene rings is 3. The second-order valence-corrected chi connectivity index (χ2v) is 10.4. The molecule has 0 atom stereocenters. The lowest BCUT2D eigenvalue weighted by molar-refractivity contribution is 0.295. The largest absolute Gasteiger partial charge is 0.490 e. The van der Waals surface area contributed by atoms with Gasteiger partial charge in [-0.05, 0) is 97.6 Å². The van der Waals surface area contributed by atoms with Crippen molar-refractivity contribution in [2.75, 3.05) is 6.61 Å². The maximum absolute atomic E-state index is 14.6. The highest BCUT2D eigenvalue weighted by Gasteiger charge is 2.20. The molecule has 0 amide bonds. The van der Waals surface area contributed by atoms with Gasteiger partial charge in [0.2, 0.25) is 5.82 Å². The van der Waals surface area contributed by atoms with Crippen LogP contribution < -0.4 is 4.74 Å². The van der Waals surface area contributed by atoms with Crippen molar-refractivity contribution in [1.29, 1.82) is 0 Å². The molecule has 4 rings (SSSR count). The fourth-order valence-corrected chi connectivity index (χ4v) is 5.36. The summed E-state index contributed by atoms with van der Waals surface area (Å²) in [5.74, 6) is -0.412. The molecule has 3 heteroatoms. The van der Waals surface area contributed by atoms with E-state index in [0.29, 0.717) is 24.0 Å². The summed E-state index contributed by atoms with van der Waals surface area (Å²) in [5, 5.41) is 0. The normalized spacial score (nSPS) is 17.8. The molecule has 0 N–H and O–H groups in total. The molecule has 0 aromatic heterocycles. The molecule has 196 valence electrons. The van der Waals surface area contributed by atoms with Crippen LogP contribution in [0.1, 0.15) is 81.4 Å². The Kier molecular flexibility index (Phi) is 9.93. The Morgan fingerprint density at radius 3 is 2.11 bits per heavy atom. The molecule has 0 heterocycles. The molecule has 1 nitrogen and oxygen atoms in total. The quantitative estimate of drug-likeness (QED) is 0.237. The van der Waals surface area contributed by atoms with Gasteiger partial charge in [-0.1, -0.05) is 81.0 Å².